The zero-order valence-corrected chi connectivity index (χ0v) is 21.9. The number of carbonyl (C=O) groups excluding carboxylic acids is 3. The van der Waals surface area contributed by atoms with E-state index in [0.29, 0.717) is 25.1 Å². The van der Waals surface area contributed by atoms with Gasteiger partial charge in [0, 0.05) is 13.1 Å². The van der Waals surface area contributed by atoms with Crippen molar-refractivity contribution in [1.82, 2.24) is 15.5 Å². The Hall–Kier alpha value is -2.61. The number of ether oxygens (including phenoxy) is 1. The lowest BCUT2D eigenvalue weighted by atomic mass is 9.98. The van der Waals surface area contributed by atoms with Crippen molar-refractivity contribution in [3.05, 3.63) is 34.9 Å². The molecule has 0 heterocycles. The van der Waals surface area contributed by atoms with Crippen LogP contribution in [0.4, 0.5) is 4.79 Å². The molecular weight excluding hydrogens is 434 g/mol. The zero-order chi connectivity index (χ0) is 25.9. The van der Waals surface area contributed by atoms with E-state index in [4.69, 9.17) is 4.74 Å². The van der Waals surface area contributed by atoms with E-state index < -0.39 is 36.3 Å². The number of alkyl carbamates (subject to hydrolysis) is 1. The Morgan fingerprint density at radius 3 is 2.24 bits per heavy atom. The number of benzene rings is 1. The van der Waals surface area contributed by atoms with E-state index >= 15 is 0 Å². The summed E-state index contributed by atoms with van der Waals surface area (Å²) in [6.45, 7) is 13.3. The Bertz CT molecular complexity index is 819. The second-order valence-corrected chi connectivity index (χ2v) is 9.66. The number of aliphatic hydroxyl groups is 1. The highest BCUT2D eigenvalue weighted by molar-refractivity contribution is 5.92. The molecule has 0 fully saturated rings. The quantitative estimate of drug-likeness (QED) is 0.397. The molecule has 34 heavy (non-hydrogen) atoms. The number of carbonyl (C=O) groups is 3. The fourth-order valence-electron chi connectivity index (χ4n) is 3.42. The van der Waals surface area contributed by atoms with E-state index in [9.17, 15) is 19.5 Å². The number of aryl methyl sites for hydroxylation is 2. The van der Waals surface area contributed by atoms with E-state index in [1.165, 1.54) is 4.90 Å². The predicted octanol–water partition coefficient (Wildman–Crippen LogP) is 3.78. The van der Waals surface area contributed by atoms with Gasteiger partial charge in [0.2, 0.25) is 11.8 Å². The number of aliphatic hydroxyl groups excluding tert-OH is 1. The molecule has 0 aromatic heterocycles. The molecule has 2 atom stereocenters. The van der Waals surface area contributed by atoms with Crippen molar-refractivity contribution in [3.63, 3.8) is 0 Å². The van der Waals surface area contributed by atoms with Gasteiger partial charge in [0.15, 0.2) is 0 Å². The summed E-state index contributed by atoms with van der Waals surface area (Å²) in [6.07, 6.45) is 2.43. The van der Waals surface area contributed by atoms with Crippen molar-refractivity contribution in [1.29, 1.82) is 0 Å². The third-order valence-corrected chi connectivity index (χ3v) is 5.44. The van der Waals surface area contributed by atoms with E-state index in [1.807, 2.05) is 45.9 Å². The molecule has 1 aromatic rings. The minimum Gasteiger partial charge on any atom is -0.444 e. The molecule has 0 bridgehead atoms. The second-order valence-electron chi connectivity index (χ2n) is 9.66. The van der Waals surface area contributed by atoms with E-state index in [2.05, 4.69) is 10.6 Å². The standard InChI is InChI=1S/C26H43N3O5/c1-8-10-14-27-23(31)22(20-13-12-18(3)19(4)16-20)29(15-11-9-2)24(32)21(17-30)28-25(33)34-26(5,6)7/h12-13,16,21-22,30H,8-11,14-15,17H2,1-7H3,(H,27,31)(H,28,33). The van der Waals surface area contributed by atoms with Crippen LogP contribution >= 0.6 is 0 Å². The van der Waals surface area contributed by atoms with Gasteiger partial charge in [0.25, 0.3) is 0 Å². The molecule has 1 rings (SSSR count). The maximum atomic E-state index is 13.6. The highest BCUT2D eigenvalue weighted by atomic mass is 16.6. The summed E-state index contributed by atoms with van der Waals surface area (Å²) in [7, 11) is 0. The summed E-state index contributed by atoms with van der Waals surface area (Å²) in [5.41, 5.74) is 2.03. The van der Waals surface area contributed by atoms with Crippen molar-refractivity contribution in [2.45, 2.75) is 91.8 Å². The van der Waals surface area contributed by atoms with Gasteiger partial charge in [-0.1, -0.05) is 44.9 Å². The summed E-state index contributed by atoms with van der Waals surface area (Å²) in [6, 6.07) is 3.59. The first-order valence-corrected chi connectivity index (χ1v) is 12.2. The minimum atomic E-state index is -1.23. The largest absolute Gasteiger partial charge is 0.444 e. The van der Waals surface area contributed by atoms with Crippen LogP contribution in [0.3, 0.4) is 0 Å². The van der Waals surface area contributed by atoms with Crippen LogP contribution < -0.4 is 10.6 Å². The first-order chi connectivity index (χ1) is 15.9. The van der Waals surface area contributed by atoms with E-state index in [1.54, 1.807) is 20.8 Å². The normalized spacial score (nSPS) is 13.1. The van der Waals surface area contributed by atoms with Crippen molar-refractivity contribution in [2.24, 2.45) is 0 Å². The van der Waals surface area contributed by atoms with Crippen LogP contribution in [0.25, 0.3) is 0 Å². The second kappa shape index (κ2) is 13.9. The topological polar surface area (TPSA) is 108 Å². The summed E-state index contributed by atoms with van der Waals surface area (Å²) >= 11 is 0. The summed E-state index contributed by atoms with van der Waals surface area (Å²) in [4.78, 5) is 40.7. The molecule has 3 N–H and O–H groups in total. The Balaban J connectivity index is 3.36. The molecule has 0 radical (unpaired) electrons. The lowest BCUT2D eigenvalue weighted by Gasteiger charge is -2.34. The van der Waals surface area contributed by atoms with Crippen LogP contribution in [0.2, 0.25) is 0 Å². The first kappa shape index (κ1) is 29.4. The van der Waals surface area contributed by atoms with Gasteiger partial charge in [-0.15, -0.1) is 0 Å². The number of nitrogens with one attached hydrogen (secondary N) is 2. The van der Waals surface area contributed by atoms with Gasteiger partial charge in [0.1, 0.15) is 17.7 Å². The third-order valence-electron chi connectivity index (χ3n) is 5.44. The molecule has 0 saturated heterocycles. The van der Waals surface area contributed by atoms with Crippen LogP contribution in [0.15, 0.2) is 18.2 Å². The molecule has 2 unspecified atom stereocenters. The average molecular weight is 478 g/mol. The number of hydrogen-bond acceptors (Lipinski definition) is 5. The molecule has 1 aromatic carbocycles. The Labute approximate surface area is 204 Å². The minimum absolute atomic E-state index is 0.282. The van der Waals surface area contributed by atoms with Gasteiger partial charge < -0.3 is 25.4 Å². The van der Waals surface area contributed by atoms with Crippen molar-refractivity contribution in [2.75, 3.05) is 19.7 Å². The van der Waals surface area contributed by atoms with E-state index in [0.717, 1.165) is 30.4 Å². The SMILES string of the molecule is CCCCNC(=O)C(c1ccc(C)c(C)c1)N(CCCC)C(=O)C(CO)NC(=O)OC(C)(C)C. The van der Waals surface area contributed by atoms with E-state index in [-0.39, 0.29) is 5.91 Å². The number of amides is 3. The van der Waals surface area contributed by atoms with Crippen LogP contribution in [-0.2, 0) is 14.3 Å². The average Bonchev–Trinajstić information content (AvgIpc) is 2.75. The maximum absolute atomic E-state index is 13.6. The monoisotopic (exact) mass is 477 g/mol. The van der Waals surface area contributed by atoms with Crippen molar-refractivity contribution in [3.8, 4) is 0 Å². The first-order valence-electron chi connectivity index (χ1n) is 12.2. The summed E-state index contributed by atoms with van der Waals surface area (Å²) in [5.74, 6) is -0.814. The molecule has 0 aliphatic carbocycles. The molecule has 0 saturated carbocycles. The zero-order valence-electron chi connectivity index (χ0n) is 21.9. The summed E-state index contributed by atoms with van der Waals surface area (Å²) < 4.78 is 5.26. The molecule has 0 aliphatic heterocycles. The fourth-order valence-corrected chi connectivity index (χ4v) is 3.42. The van der Waals surface area contributed by atoms with Gasteiger partial charge in [-0.2, -0.15) is 0 Å². The van der Waals surface area contributed by atoms with Crippen LogP contribution in [0.5, 0.6) is 0 Å². The molecule has 3 amide bonds. The maximum Gasteiger partial charge on any atom is 0.408 e. The van der Waals surface area contributed by atoms with Crippen molar-refractivity contribution >= 4 is 17.9 Å². The van der Waals surface area contributed by atoms with Gasteiger partial charge in [-0.3, -0.25) is 9.59 Å². The fraction of sp³-hybridized carbons (Fsp3) is 0.654. The highest BCUT2D eigenvalue weighted by Crippen LogP contribution is 2.25. The number of hydrogen-bond donors (Lipinski definition) is 3. The molecule has 8 nitrogen and oxygen atoms in total. The molecule has 0 spiro atoms. The van der Waals surface area contributed by atoms with Gasteiger partial charge >= 0.3 is 6.09 Å². The van der Waals surface area contributed by atoms with Crippen molar-refractivity contribution < 1.29 is 24.2 Å². The van der Waals surface area contributed by atoms with Gasteiger partial charge in [0.05, 0.1) is 6.61 Å². The van der Waals surface area contributed by atoms with Crippen LogP contribution in [0.1, 0.15) is 83.0 Å². The Morgan fingerprint density at radius 1 is 1.06 bits per heavy atom. The molecular formula is C26H43N3O5. The van der Waals surface area contributed by atoms with Crippen LogP contribution in [0, 0.1) is 13.8 Å². The Kier molecular flexibility index (Phi) is 12.1. The molecule has 8 heteroatoms. The lowest BCUT2D eigenvalue weighted by molar-refractivity contribution is -0.143. The number of rotatable bonds is 12. The molecule has 192 valence electrons. The van der Waals surface area contributed by atoms with Gasteiger partial charge in [-0.25, -0.2) is 4.79 Å². The number of unbranched alkanes of at least 4 members (excludes halogenated alkanes) is 2. The third kappa shape index (κ3) is 9.33. The lowest BCUT2D eigenvalue weighted by Crippen LogP contribution is -2.54. The van der Waals surface area contributed by atoms with Gasteiger partial charge in [-0.05, 0) is 64.2 Å². The smallest absolute Gasteiger partial charge is 0.408 e. The molecule has 0 aliphatic rings. The van der Waals surface area contributed by atoms with Crippen LogP contribution in [-0.4, -0.2) is 59.3 Å². The number of nitrogens with zero attached hydrogens (tertiary/aromatic N) is 1. The Morgan fingerprint density at radius 2 is 1.71 bits per heavy atom. The summed E-state index contributed by atoms with van der Waals surface area (Å²) in [5, 5.41) is 15.4. The predicted molar refractivity (Wildman–Crippen MR) is 133 cm³/mol. The highest BCUT2D eigenvalue weighted by Gasteiger charge is 2.35.